The topological polar surface area (TPSA) is 205 Å². The number of aliphatic hydroxyl groups excluding tert-OH is 1. The van der Waals surface area contributed by atoms with Crippen LogP contribution in [-0.4, -0.2) is 98.3 Å². The summed E-state index contributed by atoms with van der Waals surface area (Å²) in [4.78, 5) is 39.8. The van der Waals surface area contributed by atoms with Crippen molar-refractivity contribution in [2.45, 2.75) is 43.7 Å². The van der Waals surface area contributed by atoms with Crippen molar-refractivity contribution in [1.82, 2.24) is 15.1 Å². The molecule has 0 radical (unpaired) electrons. The van der Waals surface area contributed by atoms with E-state index in [2.05, 4.69) is 5.32 Å². The molecule has 9 N–H and O–H groups in total. The van der Waals surface area contributed by atoms with Gasteiger partial charge in [-0.15, -0.1) is 11.8 Å². The van der Waals surface area contributed by atoms with E-state index in [-0.39, 0.29) is 57.2 Å². The third-order valence-corrected chi connectivity index (χ3v) is 6.95. The lowest BCUT2D eigenvalue weighted by atomic mass is 9.79. The third kappa shape index (κ3) is 4.42. The second kappa shape index (κ2) is 9.87. The van der Waals surface area contributed by atoms with Gasteiger partial charge in [0.25, 0.3) is 0 Å². The van der Waals surface area contributed by atoms with Gasteiger partial charge in [0.05, 0.1) is 24.1 Å². The Morgan fingerprint density at radius 2 is 1.86 bits per heavy atom. The van der Waals surface area contributed by atoms with Crippen LogP contribution in [0.5, 0.6) is 0 Å². The van der Waals surface area contributed by atoms with E-state index < -0.39 is 18.0 Å². The highest BCUT2D eigenvalue weighted by atomic mass is 32.2. The molecule has 3 aliphatic rings. The molecule has 0 aromatic carbocycles. The minimum absolute atomic E-state index is 0. The van der Waals surface area contributed by atoms with Gasteiger partial charge in [-0.25, -0.2) is 4.79 Å². The fourth-order valence-electron chi connectivity index (χ4n) is 4.15. The average molecular weight is 438 g/mol. The number of aliphatic hydroxyl groups is 1. The maximum Gasteiger partial charge on any atom is 0.353 e. The number of nitrogens with one attached hydrogen (secondary N) is 1. The monoisotopic (exact) mass is 437 g/mol. The number of carbonyl (C=O) groups is 3. The van der Waals surface area contributed by atoms with Crippen LogP contribution in [0.4, 0.5) is 0 Å². The number of β-lactam (4-membered cyclic amide) rings is 1. The van der Waals surface area contributed by atoms with Gasteiger partial charge in [-0.05, 0) is 13.3 Å². The van der Waals surface area contributed by atoms with Crippen molar-refractivity contribution in [1.29, 1.82) is 0 Å². The molecule has 11 nitrogen and oxygen atoms in total. The molecule has 5 unspecified atom stereocenters. The van der Waals surface area contributed by atoms with Gasteiger partial charge in [-0.3, -0.25) is 9.59 Å². The Bertz CT molecular complexity index is 684. The molecule has 3 aliphatic heterocycles. The van der Waals surface area contributed by atoms with E-state index in [4.69, 9.17) is 0 Å². The van der Waals surface area contributed by atoms with Crippen molar-refractivity contribution >= 4 is 29.5 Å². The molecule has 12 heteroatoms. The van der Waals surface area contributed by atoms with Crippen LogP contribution in [0.25, 0.3) is 0 Å². The predicted molar refractivity (Wildman–Crippen MR) is 107 cm³/mol. The molecule has 6 atom stereocenters. The number of thioether (sulfide) groups is 1. The van der Waals surface area contributed by atoms with Gasteiger partial charge in [0.2, 0.25) is 11.8 Å². The molecule has 2 saturated heterocycles. The van der Waals surface area contributed by atoms with Crippen LogP contribution in [0.15, 0.2) is 10.6 Å². The smallest absolute Gasteiger partial charge is 0.353 e. The van der Waals surface area contributed by atoms with E-state index in [1.807, 2.05) is 6.92 Å². The Kier molecular flexibility index (Phi) is 9.29. The van der Waals surface area contributed by atoms with Crippen molar-refractivity contribution in [3.8, 4) is 0 Å². The molecule has 168 valence electrons. The van der Waals surface area contributed by atoms with Crippen LogP contribution >= 0.6 is 11.8 Å². The molecule has 0 aliphatic carbocycles. The minimum atomic E-state index is -1.12. The molecule has 3 rings (SSSR count). The predicted octanol–water partition coefficient (Wildman–Crippen LogP) is -2.78. The van der Waals surface area contributed by atoms with Crippen LogP contribution in [-0.2, 0) is 14.4 Å². The zero-order chi connectivity index (χ0) is 19.3. The molecule has 0 spiro atoms. The summed E-state index contributed by atoms with van der Waals surface area (Å²) in [6, 6.07) is -0.568. The van der Waals surface area contributed by atoms with E-state index in [0.717, 1.165) is 0 Å². The van der Waals surface area contributed by atoms with Crippen LogP contribution in [0, 0.1) is 11.8 Å². The number of carbonyl (C=O) groups excluding carboxylic acids is 2. The number of hydrogen-bond donors (Lipinski definition) is 3. The number of amides is 2. The highest BCUT2D eigenvalue weighted by molar-refractivity contribution is 8.03. The standard InChI is InChI=1S/C17H25N3O5S.3H2O/c1-7-12-11(8(2)21)16(23)20(12)13(17(24)25)14(7)26-9-5-10(18-6-9)15(22)19(3)4;;;/h7-12,18,21H,5-6H2,1-4H3,(H,24,25);3*1H2/t7?,8?,9?,10?,11?,12-;;;/m0.../s1. The Labute approximate surface area is 173 Å². The highest BCUT2D eigenvalue weighted by Gasteiger charge is 2.60. The second-order valence-corrected chi connectivity index (χ2v) is 8.78. The number of carboxylic acid groups (broad SMARTS) is 1. The van der Waals surface area contributed by atoms with Crippen LogP contribution in [0.1, 0.15) is 20.3 Å². The lowest BCUT2D eigenvalue weighted by molar-refractivity contribution is -0.163. The number of rotatable bonds is 5. The molecular formula is C17H31N3O8S. The fourth-order valence-corrected chi connectivity index (χ4v) is 5.63. The minimum Gasteiger partial charge on any atom is -0.477 e. The summed E-state index contributed by atoms with van der Waals surface area (Å²) in [5.41, 5.74) is 0.0387. The number of nitrogens with zero attached hydrogens (tertiary/aromatic N) is 2. The molecule has 0 aromatic rings. The Hall–Kier alpha value is -1.70. The number of aliphatic carboxylic acids is 1. The van der Waals surface area contributed by atoms with Crippen molar-refractivity contribution < 1.29 is 41.0 Å². The maximum atomic E-state index is 12.3. The molecular weight excluding hydrogens is 406 g/mol. The summed E-state index contributed by atoms with van der Waals surface area (Å²) in [7, 11) is 3.42. The Morgan fingerprint density at radius 3 is 2.34 bits per heavy atom. The number of likely N-dealkylation sites (N-methyl/N-ethyl adjacent to an activating group) is 1. The molecule has 0 saturated carbocycles. The Morgan fingerprint density at radius 1 is 1.28 bits per heavy atom. The summed E-state index contributed by atoms with van der Waals surface area (Å²) >= 11 is 1.45. The first-order valence-electron chi connectivity index (χ1n) is 8.75. The summed E-state index contributed by atoms with van der Waals surface area (Å²) in [5.74, 6) is -2.14. The summed E-state index contributed by atoms with van der Waals surface area (Å²) < 4.78 is 0. The van der Waals surface area contributed by atoms with Crippen molar-refractivity contribution in [3.63, 3.8) is 0 Å². The van der Waals surface area contributed by atoms with E-state index in [1.54, 1.807) is 25.9 Å². The number of hydrogen-bond acceptors (Lipinski definition) is 6. The van der Waals surface area contributed by atoms with Gasteiger partial charge >= 0.3 is 5.97 Å². The van der Waals surface area contributed by atoms with Crippen molar-refractivity contribution in [3.05, 3.63) is 10.6 Å². The van der Waals surface area contributed by atoms with E-state index in [1.165, 1.54) is 16.7 Å². The lowest BCUT2D eigenvalue weighted by Gasteiger charge is -2.46. The lowest BCUT2D eigenvalue weighted by Crippen LogP contribution is -2.63. The van der Waals surface area contributed by atoms with Crippen LogP contribution < -0.4 is 5.32 Å². The normalized spacial score (nSPS) is 31.0. The molecule has 0 aromatic heterocycles. The summed E-state index contributed by atoms with van der Waals surface area (Å²) in [6.45, 7) is 4.08. The van der Waals surface area contributed by atoms with Crippen LogP contribution in [0.2, 0.25) is 0 Å². The SMILES string of the molecule is CC(O)C1C(=O)N2C(C(=O)O)=C(SC3CNC(C(=O)N(C)C)C3)C(C)[C@@H]12.O.O.O. The van der Waals surface area contributed by atoms with Crippen molar-refractivity contribution in [2.75, 3.05) is 20.6 Å². The number of carboxylic acids is 1. The van der Waals surface area contributed by atoms with Gasteiger partial charge in [-0.1, -0.05) is 6.92 Å². The zero-order valence-corrected chi connectivity index (χ0v) is 17.6. The average Bonchev–Trinajstić information content (AvgIpc) is 3.09. The van der Waals surface area contributed by atoms with Crippen molar-refractivity contribution in [2.24, 2.45) is 11.8 Å². The quantitative estimate of drug-likeness (QED) is 0.385. The molecule has 0 bridgehead atoms. The van der Waals surface area contributed by atoms with Gasteiger partial charge in [0.15, 0.2) is 0 Å². The first-order valence-corrected chi connectivity index (χ1v) is 9.62. The summed E-state index contributed by atoms with van der Waals surface area (Å²) in [6.07, 6.45) is -0.190. The van der Waals surface area contributed by atoms with Crippen LogP contribution in [0.3, 0.4) is 0 Å². The highest BCUT2D eigenvalue weighted by Crippen LogP contribution is 2.51. The van der Waals surface area contributed by atoms with Gasteiger partial charge in [0.1, 0.15) is 5.70 Å². The van der Waals surface area contributed by atoms with Gasteiger partial charge in [-0.2, -0.15) is 0 Å². The van der Waals surface area contributed by atoms with Gasteiger partial charge < -0.3 is 41.8 Å². The zero-order valence-electron chi connectivity index (χ0n) is 16.8. The second-order valence-electron chi connectivity index (χ2n) is 7.44. The van der Waals surface area contributed by atoms with Gasteiger partial charge in [0, 0.05) is 36.7 Å². The molecule has 3 heterocycles. The molecule has 2 amide bonds. The first kappa shape index (κ1) is 27.3. The maximum absolute atomic E-state index is 12.3. The van der Waals surface area contributed by atoms with E-state index in [0.29, 0.717) is 17.9 Å². The molecule has 2 fully saturated rings. The van der Waals surface area contributed by atoms with E-state index in [9.17, 15) is 24.6 Å². The third-order valence-electron chi connectivity index (χ3n) is 5.43. The largest absolute Gasteiger partial charge is 0.477 e. The summed E-state index contributed by atoms with van der Waals surface area (Å²) in [5, 5.41) is 22.8. The number of fused-ring (bicyclic) bond motifs is 1. The fraction of sp³-hybridized carbons (Fsp3) is 0.706. The molecule has 29 heavy (non-hydrogen) atoms. The Balaban J connectivity index is 0.00000261. The first-order chi connectivity index (χ1) is 12.1. The van der Waals surface area contributed by atoms with E-state index >= 15 is 0 Å².